The first-order valence-corrected chi connectivity index (χ1v) is 9.89. The highest BCUT2D eigenvalue weighted by molar-refractivity contribution is 7.90. The average molecular weight is 364 g/mol. The van der Waals surface area contributed by atoms with E-state index in [4.69, 9.17) is 12.2 Å². The van der Waals surface area contributed by atoms with Gasteiger partial charge in [-0.05, 0) is 54.9 Å². The summed E-state index contributed by atoms with van der Waals surface area (Å²) in [4.78, 5) is 4.57. The van der Waals surface area contributed by atoms with E-state index in [2.05, 4.69) is 15.6 Å². The second-order valence-electron chi connectivity index (χ2n) is 5.62. The van der Waals surface area contributed by atoms with Gasteiger partial charge in [0.2, 0.25) is 0 Å². The van der Waals surface area contributed by atoms with Crippen LogP contribution in [0.25, 0.3) is 0 Å². The largest absolute Gasteiger partial charge is 0.356 e. The molecule has 0 spiro atoms. The molecule has 0 unspecified atom stereocenters. The molecule has 7 heteroatoms. The SMILES string of the molecule is CC[C@@H](NC(=S)Nc1ccc(C)cn1)c1ccc(S(C)(=O)=O)cc1. The van der Waals surface area contributed by atoms with E-state index in [0.29, 0.717) is 15.8 Å². The lowest BCUT2D eigenvalue weighted by atomic mass is 10.1. The standard InChI is InChI=1S/C17H21N3O2S2/c1-4-15(13-6-8-14(9-7-13)24(3,21)22)19-17(23)20-16-10-5-12(2)11-18-16/h5-11,15H,4H2,1-3H3,(H2,18,19,20,23)/t15-/m1/s1. The van der Waals surface area contributed by atoms with Gasteiger partial charge in [-0.3, -0.25) is 0 Å². The monoisotopic (exact) mass is 363 g/mol. The maximum Gasteiger partial charge on any atom is 0.175 e. The van der Waals surface area contributed by atoms with E-state index in [1.54, 1.807) is 18.3 Å². The van der Waals surface area contributed by atoms with Crippen molar-refractivity contribution in [3.05, 3.63) is 53.7 Å². The molecule has 2 aromatic rings. The molecule has 1 aromatic carbocycles. The molecule has 5 nitrogen and oxygen atoms in total. The Labute approximate surface area is 148 Å². The Bertz CT molecular complexity index is 801. The van der Waals surface area contributed by atoms with Gasteiger partial charge in [0.15, 0.2) is 14.9 Å². The zero-order valence-corrected chi connectivity index (χ0v) is 15.5. The fourth-order valence-electron chi connectivity index (χ4n) is 2.22. The van der Waals surface area contributed by atoms with Gasteiger partial charge < -0.3 is 10.6 Å². The van der Waals surface area contributed by atoms with Gasteiger partial charge in [-0.15, -0.1) is 0 Å². The summed E-state index contributed by atoms with van der Waals surface area (Å²) in [6, 6.07) is 10.7. The van der Waals surface area contributed by atoms with Crippen LogP contribution in [0, 0.1) is 6.92 Å². The zero-order valence-electron chi connectivity index (χ0n) is 13.9. The number of nitrogens with zero attached hydrogens (tertiary/aromatic N) is 1. The number of sulfone groups is 1. The van der Waals surface area contributed by atoms with Crippen molar-refractivity contribution in [3.63, 3.8) is 0 Å². The van der Waals surface area contributed by atoms with E-state index in [-0.39, 0.29) is 6.04 Å². The highest BCUT2D eigenvalue weighted by Gasteiger charge is 2.13. The number of benzene rings is 1. The lowest BCUT2D eigenvalue weighted by Gasteiger charge is -2.20. The predicted molar refractivity (Wildman–Crippen MR) is 101 cm³/mol. The number of hydrogen-bond acceptors (Lipinski definition) is 4. The van der Waals surface area contributed by atoms with Crippen LogP contribution in [0.5, 0.6) is 0 Å². The summed E-state index contributed by atoms with van der Waals surface area (Å²) in [5.41, 5.74) is 2.06. The Morgan fingerprint density at radius 2 is 1.88 bits per heavy atom. The maximum atomic E-state index is 11.5. The lowest BCUT2D eigenvalue weighted by Crippen LogP contribution is -2.32. The fraction of sp³-hybridized carbons (Fsp3) is 0.294. The molecule has 0 aliphatic carbocycles. The smallest absolute Gasteiger partial charge is 0.175 e. The van der Waals surface area contributed by atoms with Crippen molar-refractivity contribution >= 4 is 33.0 Å². The van der Waals surface area contributed by atoms with Crippen LogP contribution in [0.4, 0.5) is 5.82 Å². The van der Waals surface area contributed by atoms with Crippen LogP contribution in [0.2, 0.25) is 0 Å². The quantitative estimate of drug-likeness (QED) is 0.795. The van der Waals surface area contributed by atoms with Gasteiger partial charge in [-0.1, -0.05) is 25.1 Å². The van der Waals surface area contributed by atoms with Crippen molar-refractivity contribution in [2.75, 3.05) is 11.6 Å². The van der Waals surface area contributed by atoms with Crippen molar-refractivity contribution in [3.8, 4) is 0 Å². The Morgan fingerprint density at radius 1 is 1.21 bits per heavy atom. The zero-order chi connectivity index (χ0) is 17.7. The molecule has 0 saturated heterocycles. The third kappa shape index (κ3) is 5.01. The number of rotatable bonds is 5. The van der Waals surface area contributed by atoms with Crippen molar-refractivity contribution in [1.29, 1.82) is 0 Å². The van der Waals surface area contributed by atoms with Crippen LogP contribution >= 0.6 is 12.2 Å². The summed E-state index contributed by atoms with van der Waals surface area (Å²) in [5.74, 6) is 0.681. The molecule has 1 aromatic heterocycles. The minimum Gasteiger partial charge on any atom is -0.356 e. The van der Waals surface area contributed by atoms with E-state index in [0.717, 1.165) is 17.5 Å². The summed E-state index contributed by atoms with van der Waals surface area (Å²) in [6.07, 6.45) is 3.78. The average Bonchev–Trinajstić information content (AvgIpc) is 2.54. The predicted octanol–water partition coefficient (Wildman–Crippen LogP) is 3.23. The van der Waals surface area contributed by atoms with Gasteiger partial charge in [-0.25, -0.2) is 13.4 Å². The third-order valence-electron chi connectivity index (χ3n) is 3.58. The molecular weight excluding hydrogens is 342 g/mol. The van der Waals surface area contributed by atoms with E-state index in [1.165, 1.54) is 6.26 Å². The minimum absolute atomic E-state index is 0.0101. The number of thiocarbonyl (C=S) groups is 1. The molecule has 0 amide bonds. The minimum atomic E-state index is -3.19. The molecule has 0 saturated carbocycles. The van der Waals surface area contributed by atoms with Gasteiger partial charge >= 0.3 is 0 Å². The number of anilines is 1. The van der Waals surface area contributed by atoms with Crippen LogP contribution in [-0.4, -0.2) is 24.8 Å². The van der Waals surface area contributed by atoms with Gasteiger partial charge in [0, 0.05) is 12.5 Å². The number of pyridine rings is 1. The Morgan fingerprint density at radius 3 is 2.38 bits per heavy atom. The van der Waals surface area contributed by atoms with Crippen LogP contribution in [0.1, 0.15) is 30.5 Å². The molecule has 0 bridgehead atoms. The van der Waals surface area contributed by atoms with Crippen molar-refractivity contribution in [2.45, 2.75) is 31.2 Å². The van der Waals surface area contributed by atoms with Crippen molar-refractivity contribution < 1.29 is 8.42 Å². The van der Waals surface area contributed by atoms with E-state index < -0.39 is 9.84 Å². The first-order chi connectivity index (χ1) is 11.3. The Kier molecular flexibility index (Phi) is 5.90. The summed E-state index contributed by atoms with van der Waals surface area (Å²) in [6.45, 7) is 4.01. The normalized spacial score (nSPS) is 12.5. The molecule has 2 rings (SSSR count). The van der Waals surface area contributed by atoms with E-state index >= 15 is 0 Å². The summed E-state index contributed by atoms with van der Waals surface area (Å²) < 4.78 is 23.1. The molecule has 128 valence electrons. The first kappa shape index (κ1) is 18.4. The van der Waals surface area contributed by atoms with Gasteiger partial charge in [0.05, 0.1) is 10.9 Å². The van der Waals surface area contributed by atoms with Crippen LogP contribution < -0.4 is 10.6 Å². The highest BCUT2D eigenvalue weighted by Crippen LogP contribution is 2.19. The molecule has 24 heavy (non-hydrogen) atoms. The molecule has 0 aliphatic heterocycles. The molecule has 0 fully saturated rings. The molecule has 1 atom stereocenters. The Balaban J connectivity index is 2.05. The van der Waals surface area contributed by atoms with Crippen LogP contribution in [0.3, 0.4) is 0 Å². The first-order valence-electron chi connectivity index (χ1n) is 7.60. The number of aryl methyl sites for hydroxylation is 1. The summed E-state index contributed by atoms with van der Waals surface area (Å²) >= 11 is 5.34. The third-order valence-corrected chi connectivity index (χ3v) is 4.93. The second-order valence-corrected chi connectivity index (χ2v) is 8.05. The van der Waals surface area contributed by atoms with E-state index in [1.807, 2.05) is 38.1 Å². The van der Waals surface area contributed by atoms with Gasteiger partial charge in [-0.2, -0.15) is 0 Å². The summed E-state index contributed by atoms with van der Waals surface area (Å²) in [7, 11) is -3.19. The van der Waals surface area contributed by atoms with Crippen molar-refractivity contribution in [1.82, 2.24) is 10.3 Å². The lowest BCUT2D eigenvalue weighted by molar-refractivity contribution is 0.601. The molecular formula is C17H21N3O2S2. The topological polar surface area (TPSA) is 71.1 Å². The second kappa shape index (κ2) is 7.72. The Hall–Kier alpha value is -1.99. The van der Waals surface area contributed by atoms with Crippen molar-refractivity contribution in [2.24, 2.45) is 0 Å². The fourth-order valence-corrected chi connectivity index (χ4v) is 3.10. The number of hydrogen-bond donors (Lipinski definition) is 2. The molecule has 2 N–H and O–H groups in total. The number of nitrogens with one attached hydrogen (secondary N) is 2. The molecule has 0 aliphatic rings. The van der Waals surface area contributed by atoms with Crippen LogP contribution in [0.15, 0.2) is 47.5 Å². The summed E-state index contributed by atoms with van der Waals surface area (Å²) in [5, 5.41) is 6.77. The van der Waals surface area contributed by atoms with Gasteiger partial charge in [0.1, 0.15) is 5.82 Å². The molecule has 0 radical (unpaired) electrons. The van der Waals surface area contributed by atoms with E-state index in [9.17, 15) is 8.42 Å². The van der Waals surface area contributed by atoms with Gasteiger partial charge in [0.25, 0.3) is 0 Å². The highest BCUT2D eigenvalue weighted by atomic mass is 32.2. The number of aromatic nitrogens is 1. The maximum absolute atomic E-state index is 11.5. The molecule has 1 heterocycles. The van der Waals surface area contributed by atoms with Crippen LogP contribution in [-0.2, 0) is 9.84 Å².